The lowest BCUT2D eigenvalue weighted by Gasteiger charge is -2.40. The molecule has 0 aromatic carbocycles. The van der Waals surface area contributed by atoms with Gasteiger partial charge in [0.2, 0.25) is 5.91 Å². The number of hydrogen-bond acceptors (Lipinski definition) is 6. The standard InChI is InChI=1S/C29H38N2O6/c1-3-15-11-17-12-19-18-5-4-6-23(35)30-10-9-21(33)27-28(36)26(29(37)31-27)20(32)8-7-16(18)13-22(34)25(19)24(17)14(15)2/h4,6-8,14-19,21,24-25,27,32-33H,3,5,9-13H2,1-2H3,(H,30,35)(H,31,37)/b6-4-,8-7+,26-20?. The van der Waals surface area contributed by atoms with Crippen LogP contribution in [0.25, 0.3) is 0 Å². The molecule has 10 atom stereocenters. The van der Waals surface area contributed by atoms with Crippen molar-refractivity contribution in [2.45, 2.75) is 64.5 Å². The Bertz CT molecular complexity index is 1080. The van der Waals surface area contributed by atoms with Crippen molar-refractivity contribution in [3.8, 4) is 0 Å². The first-order valence-corrected chi connectivity index (χ1v) is 13.8. The van der Waals surface area contributed by atoms with Crippen molar-refractivity contribution in [1.29, 1.82) is 0 Å². The molecule has 1 saturated heterocycles. The number of carbonyl (C=O) groups excluding carboxylic acids is 4. The highest BCUT2D eigenvalue weighted by molar-refractivity contribution is 6.27. The van der Waals surface area contributed by atoms with E-state index in [0.717, 1.165) is 12.8 Å². The summed E-state index contributed by atoms with van der Waals surface area (Å²) in [7, 11) is 0. The van der Waals surface area contributed by atoms with Crippen molar-refractivity contribution in [2.75, 3.05) is 6.54 Å². The first-order chi connectivity index (χ1) is 17.7. The Morgan fingerprint density at radius 2 is 1.86 bits per heavy atom. The van der Waals surface area contributed by atoms with Gasteiger partial charge in [0.05, 0.1) is 6.10 Å². The van der Waals surface area contributed by atoms with Crippen LogP contribution in [0.4, 0.5) is 0 Å². The highest BCUT2D eigenvalue weighted by atomic mass is 16.3. The molecule has 37 heavy (non-hydrogen) atoms. The molecule has 4 fully saturated rings. The lowest BCUT2D eigenvalue weighted by atomic mass is 9.63. The van der Waals surface area contributed by atoms with E-state index < -0.39 is 29.6 Å². The van der Waals surface area contributed by atoms with Crippen molar-refractivity contribution in [1.82, 2.24) is 10.6 Å². The van der Waals surface area contributed by atoms with E-state index in [1.807, 2.05) is 6.08 Å². The molecular formula is C29H38N2O6. The van der Waals surface area contributed by atoms with Gasteiger partial charge in [-0.3, -0.25) is 19.2 Å². The molecule has 2 amide bonds. The summed E-state index contributed by atoms with van der Waals surface area (Å²) in [5, 5.41) is 26.3. The van der Waals surface area contributed by atoms with Gasteiger partial charge in [-0.05, 0) is 79.3 Å². The Hall–Kier alpha value is -2.74. The molecule has 4 N–H and O–H groups in total. The molecule has 200 valence electrons. The minimum atomic E-state index is -1.20. The van der Waals surface area contributed by atoms with E-state index in [9.17, 15) is 29.4 Å². The SMILES string of the molecule is CCC1CC2CC3C4C/C=C\C(=O)NCCC(O)C5NC(=O)C(=C(O)/C=C/C4CC(=O)C3C2C1C)C5=O. The van der Waals surface area contributed by atoms with E-state index in [1.54, 1.807) is 6.08 Å². The zero-order valence-corrected chi connectivity index (χ0v) is 21.6. The molecule has 3 aliphatic carbocycles. The summed E-state index contributed by atoms with van der Waals surface area (Å²) in [6, 6.07) is -1.17. The Labute approximate surface area is 217 Å². The van der Waals surface area contributed by atoms with Gasteiger partial charge in [0, 0.05) is 18.9 Å². The van der Waals surface area contributed by atoms with E-state index in [0.29, 0.717) is 36.5 Å². The van der Waals surface area contributed by atoms with Crippen molar-refractivity contribution in [2.24, 2.45) is 47.3 Å². The Morgan fingerprint density at radius 3 is 2.62 bits per heavy atom. The lowest BCUT2D eigenvalue weighted by Crippen LogP contribution is -2.42. The third-order valence-electron chi connectivity index (χ3n) is 9.99. The van der Waals surface area contributed by atoms with Gasteiger partial charge < -0.3 is 20.8 Å². The normalized spacial score (nSPS) is 44.1. The monoisotopic (exact) mass is 510 g/mol. The molecule has 8 nitrogen and oxygen atoms in total. The number of rotatable bonds is 1. The smallest absolute Gasteiger partial charge is 0.259 e. The van der Waals surface area contributed by atoms with Gasteiger partial charge in [-0.2, -0.15) is 0 Å². The van der Waals surface area contributed by atoms with Gasteiger partial charge in [0.25, 0.3) is 5.91 Å². The largest absolute Gasteiger partial charge is 0.507 e. The fourth-order valence-corrected chi connectivity index (χ4v) is 8.25. The summed E-state index contributed by atoms with van der Waals surface area (Å²) in [5.41, 5.74) is -0.372. The Morgan fingerprint density at radius 1 is 1.08 bits per heavy atom. The second kappa shape index (κ2) is 10.2. The number of aliphatic hydroxyl groups is 2. The van der Waals surface area contributed by atoms with Gasteiger partial charge in [0.15, 0.2) is 5.78 Å². The molecular weight excluding hydrogens is 472 g/mol. The van der Waals surface area contributed by atoms with Crippen LogP contribution in [0.1, 0.15) is 52.4 Å². The van der Waals surface area contributed by atoms with Crippen LogP contribution in [0.15, 0.2) is 35.6 Å². The number of amides is 2. The Balaban J connectivity index is 1.47. The number of ketones is 2. The third kappa shape index (κ3) is 4.58. The number of fused-ring (bicyclic) bond motifs is 7. The van der Waals surface area contributed by atoms with Crippen molar-refractivity contribution in [3.05, 3.63) is 35.6 Å². The quantitative estimate of drug-likeness (QED) is 0.401. The highest BCUT2D eigenvalue weighted by Gasteiger charge is 2.58. The molecule has 0 radical (unpaired) electrons. The molecule has 8 heteroatoms. The number of Topliss-reactive ketones (excluding diaryl/α,β-unsaturated/α-hetero) is 2. The average Bonchev–Trinajstić information content (AvgIpc) is 3.48. The molecule has 5 rings (SSSR count). The van der Waals surface area contributed by atoms with Crippen LogP contribution in [0.2, 0.25) is 0 Å². The third-order valence-corrected chi connectivity index (χ3v) is 9.99. The molecule has 5 aliphatic rings. The summed E-state index contributed by atoms with van der Waals surface area (Å²) in [6.45, 7) is 4.68. The van der Waals surface area contributed by atoms with Crippen molar-refractivity contribution >= 4 is 23.4 Å². The van der Waals surface area contributed by atoms with E-state index >= 15 is 0 Å². The summed E-state index contributed by atoms with van der Waals surface area (Å²) in [5.74, 6) is 0.507. The molecule has 2 heterocycles. The first-order valence-electron chi connectivity index (χ1n) is 13.8. The van der Waals surface area contributed by atoms with Gasteiger partial charge >= 0.3 is 0 Å². The van der Waals surface area contributed by atoms with Gasteiger partial charge in [-0.25, -0.2) is 0 Å². The Kier molecular flexibility index (Phi) is 7.14. The van der Waals surface area contributed by atoms with Crippen molar-refractivity contribution < 1.29 is 29.4 Å². The van der Waals surface area contributed by atoms with Crippen molar-refractivity contribution in [3.63, 3.8) is 0 Å². The fourth-order valence-electron chi connectivity index (χ4n) is 8.25. The maximum atomic E-state index is 13.5. The number of allylic oxidation sites excluding steroid dienone is 3. The van der Waals surface area contributed by atoms with Gasteiger partial charge in [-0.1, -0.05) is 32.4 Å². The fraction of sp³-hybridized carbons (Fsp3) is 0.655. The van der Waals surface area contributed by atoms with Crippen LogP contribution >= 0.6 is 0 Å². The van der Waals surface area contributed by atoms with Crippen LogP contribution in [-0.4, -0.2) is 52.3 Å². The van der Waals surface area contributed by atoms with Crippen LogP contribution in [0.3, 0.4) is 0 Å². The summed E-state index contributed by atoms with van der Waals surface area (Å²) < 4.78 is 0. The predicted molar refractivity (Wildman–Crippen MR) is 136 cm³/mol. The second-order valence-corrected chi connectivity index (χ2v) is 11.7. The highest BCUT2D eigenvalue weighted by Crippen LogP contribution is 2.61. The average molecular weight is 511 g/mol. The number of hydrogen-bond donors (Lipinski definition) is 4. The van der Waals surface area contributed by atoms with E-state index in [-0.39, 0.29) is 53.9 Å². The van der Waals surface area contributed by atoms with Gasteiger partial charge in [-0.15, -0.1) is 0 Å². The zero-order chi connectivity index (χ0) is 26.4. The predicted octanol–water partition coefficient (Wildman–Crippen LogP) is 2.39. The molecule has 0 aromatic rings. The minimum Gasteiger partial charge on any atom is -0.507 e. The van der Waals surface area contributed by atoms with Crippen LogP contribution in [0.5, 0.6) is 0 Å². The second-order valence-electron chi connectivity index (χ2n) is 11.7. The van der Waals surface area contributed by atoms with E-state index in [2.05, 4.69) is 24.5 Å². The maximum Gasteiger partial charge on any atom is 0.259 e. The summed E-state index contributed by atoms with van der Waals surface area (Å²) in [4.78, 5) is 51.2. The minimum absolute atomic E-state index is 0.0374. The number of carbonyl (C=O) groups is 4. The number of nitrogens with one attached hydrogen (secondary N) is 2. The molecule has 3 saturated carbocycles. The first kappa shape index (κ1) is 25.9. The lowest BCUT2D eigenvalue weighted by molar-refractivity contribution is -0.131. The number of aliphatic hydroxyl groups excluding tert-OH is 2. The van der Waals surface area contributed by atoms with Crippen LogP contribution in [-0.2, 0) is 19.2 Å². The van der Waals surface area contributed by atoms with E-state index in [1.165, 1.54) is 18.6 Å². The van der Waals surface area contributed by atoms with E-state index in [4.69, 9.17) is 0 Å². The molecule has 2 bridgehead atoms. The molecule has 0 aromatic heterocycles. The topological polar surface area (TPSA) is 133 Å². The maximum absolute atomic E-state index is 13.5. The summed E-state index contributed by atoms with van der Waals surface area (Å²) >= 11 is 0. The van der Waals surface area contributed by atoms with Crippen LogP contribution < -0.4 is 10.6 Å². The van der Waals surface area contributed by atoms with Gasteiger partial charge in [0.1, 0.15) is 23.2 Å². The zero-order valence-electron chi connectivity index (χ0n) is 21.6. The molecule has 2 aliphatic heterocycles. The van der Waals surface area contributed by atoms with Crippen LogP contribution in [0, 0.1) is 47.3 Å². The molecule has 10 unspecified atom stereocenters. The molecule has 0 spiro atoms. The summed E-state index contributed by atoms with van der Waals surface area (Å²) in [6.07, 6.45) is 9.70.